The van der Waals surface area contributed by atoms with Crippen LogP contribution >= 0.6 is 11.8 Å². The number of carbonyl (C=O) groups excluding carboxylic acids is 2. The van der Waals surface area contributed by atoms with E-state index in [0.717, 1.165) is 0 Å². The largest absolute Gasteiger partial charge is 0.340 e. The Balaban J connectivity index is 3.00. The second-order valence-corrected chi connectivity index (χ2v) is 4.07. The van der Waals surface area contributed by atoms with Crippen molar-refractivity contribution < 1.29 is 9.59 Å². The van der Waals surface area contributed by atoms with Crippen molar-refractivity contribution in [3.05, 3.63) is 10.6 Å². The zero-order valence-corrected chi connectivity index (χ0v) is 10.1. The Labute approximate surface area is 104 Å². The van der Waals surface area contributed by atoms with Crippen molar-refractivity contribution in [3.63, 3.8) is 0 Å². The zero-order chi connectivity index (χ0) is 12.8. The third kappa shape index (κ3) is 2.80. The molecule has 1 N–H and O–H groups in total. The van der Waals surface area contributed by atoms with Crippen molar-refractivity contribution in [1.82, 2.24) is 10.2 Å². The Morgan fingerprint density at radius 3 is 2.94 bits per heavy atom. The van der Waals surface area contributed by atoms with Gasteiger partial charge in [0, 0.05) is 6.54 Å². The number of amides is 2. The molecule has 1 aliphatic rings. The van der Waals surface area contributed by atoms with Crippen LogP contribution in [-0.4, -0.2) is 35.6 Å². The van der Waals surface area contributed by atoms with E-state index >= 15 is 0 Å². The van der Waals surface area contributed by atoms with Crippen molar-refractivity contribution in [2.75, 3.05) is 18.8 Å². The predicted molar refractivity (Wildman–Crippen MR) is 64.3 cm³/mol. The summed E-state index contributed by atoms with van der Waals surface area (Å²) in [6.07, 6.45) is 5.01. The molecule has 1 fully saturated rings. The van der Waals surface area contributed by atoms with E-state index in [0.29, 0.717) is 11.6 Å². The summed E-state index contributed by atoms with van der Waals surface area (Å²) < 4.78 is 0. The van der Waals surface area contributed by atoms with Crippen LogP contribution in [0.3, 0.4) is 0 Å². The number of rotatable bonds is 3. The van der Waals surface area contributed by atoms with Gasteiger partial charge in [0.25, 0.3) is 5.91 Å². The van der Waals surface area contributed by atoms with Crippen LogP contribution in [-0.2, 0) is 9.59 Å². The van der Waals surface area contributed by atoms with Gasteiger partial charge in [-0.05, 0) is 6.92 Å². The molecule has 1 saturated heterocycles. The van der Waals surface area contributed by atoms with E-state index in [2.05, 4.69) is 11.2 Å². The van der Waals surface area contributed by atoms with Crippen LogP contribution in [0.15, 0.2) is 10.6 Å². The molecule has 1 aliphatic heterocycles. The van der Waals surface area contributed by atoms with Crippen molar-refractivity contribution in [2.45, 2.75) is 6.92 Å². The monoisotopic (exact) mass is 249 g/mol. The van der Waals surface area contributed by atoms with Gasteiger partial charge in [-0.3, -0.25) is 9.59 Å². The van der Waals surface area contributed by atoms with Gasteiger partial charge in [0.05, 0.1) is 12.3 Å². The van der Waals surface area contributed by atoms with E-state index in [4.69, 9.17) is 11.7 Å². The van der Waals surface area contributed by atoms with E-state index < -0.39 is 5.91 Å². The number of nitriles is 1. The van der Waals surface area contributed by atoms with Crippen LogP contribution in [0.4, 0.5) is 0 Å². The lowest BCUT2D eigenvalue weighted by Crippen LogP contribution is -2.29. The van der Waals surface area contributed by atoms with E-state index in [1.807, 2.05) is 6.07 Å². The molecule has 88 valence electrons. The molecule has 0 atom stereocenters. The highest BCUT2D eigenvalue weighted by Crippen LogP contribution is 2.31. The number of nitrogens with zero attached hydrogens (tertiary/aromatic N) is 2. The summed E-state index contributed by atoms with van der Waals surface area (Å²) in [6.45, 7) is 2.29. The zero-order valence-electron chi connectivity index (χ0n) is 9.32. The van der Waals surface area contributed by atoms with Gasteiger partial charge in [0.15, 0.2) is 0 Å². The quantitative estimate of drug-likeness (QED) is 0.436. The molecular weight excluding hydrogens is 238 g/mol. The SMILES string of the molecule is C#CCNC(=O)/C(C#N)=C1/SCC(=O)N1CC. The average Bonchev–Trinajstić information content (AvgIpc) is 2.69. The second-order valence-electron chi connectivity index (χ2n) is 3.11. The molecule has 0 radical (unpaired) electrons. The van der Waals surface area contributed by atoms with Gasteiger partial charge in [-0.2, -0.15) is 5.26 Å². The standard InChI is InChI=1S/C11H11N3O2S/c1-3-5-13-10(16)8(6-12)11-14(4-2)9(15)7-17-11/h1H,4-5,7H2,2H3,(H,13,16)/b11-8+. The van der Waals surface area contributed by atoms with Gasteiger partial charge in [0.2, 0.25) is 5.91 Å². The fraction of sp³-hybridized carbons (Fsp3) is 0.364. The van der Waals surface area contributed by atoms with Gasteiger partial charge in [-0.1, -0.05) is 17.7 Å². The number of hydrogen-bond donors (Lipinski definition) is 1. The molecule has 0 bridgehead atoms. The fourth-order valence-corrected chi connectivity index (χ4v) is 2.43. The van der Waals surface area contributed by atoms with Gasteiger partial charge < -0.3 is 10.2 Å². The molecule has 6 heteroatoms. The molecule has 0 aromatic rings. The molecule has 0 unspecified atom stereocenters. The Bertz CT molecular complexity index is 456. The molecule has 5 nitrogen and oxygen atoms in total. The summed E-state index contributed by atoms with van der Waals surface area (Å²) >= 11 is 1.20. The molecule has 2 amide bonds. The smallest absolute Gasteiger partial charge is 0.265 e. The Hall–Kier alpha value is -1.92. The number of carbonyl (C=O) groups is 2. The van der Waals surface area contributed by atoms with Gasteiger partial charge in [-0.15, -0.1) is 6.42 Å². The van der Waals surface area contributed by atoms with Crippen LogP contribution in [0, 0.1) is 23.7 Å². The third-order valence-corrected chi connectivity index (χ3v) is 3.19. The fourth-order valence-electron chi connectivity index (χ4n) is 1.34. The van der Waals surface area contributed by atoms with E-state index in [1.54, 1.807) is 6.92 Å². The maximum atomic E-state index is 11.7. The van der Waals surface area contributed by atoms with Crippen molar-refractivity contribution in [2.24, 2.45) is 0 Å². The minimum Gasteiger partial charge on any atom is -0.340 e. The summed E-state index contributed by atoms with van der Waals surface area (Å²) in [5.41, 5.74) is -0.0575. The Morgan fingerprint density at radius 1 is 1.71 bits per heavy atom. The lowest BCUT2D eigenvalue weighted by Gasteiger charge is -2.15. The average molecular weight is 249 g/mol. The summed E-state index contributed by atoms with van der Waals surface area (Å²) in [5.74, 6) is 1.88. The maximum Gasteiger partial charge on any atom is 0.265 e. The minimum atomic E-state index is -0.541. The van der Waals surface area contributed by atoms with Crippen LogP contribution < -0.4 is 5.32 Å². The third-order valence-electron chi connectivity index (χ3n) is 2.10. The molecular formula is C11H11N3O2S. The highest BCUT2D eigenvalue weighted by atomic mass is 32.2. The molecule has 0 spiro atoms. The highest BCUT2D eigenvalue weighted by molar-refractivity contribution is 8.04. The van der Waals surface area contributed by atoms with Crippen molar-refractivity contribution in [3.8, 4) is 18.4 Å². The molecule has 0 aromatic heterocycles. The van der Waals surface area contributed by atoms with Crippen LogP contribution in [0.1, 0.15) is 6.92 Å². The Morgan fingerprint density at radius 2 is 2.41 bits per heavy atom. The van der Waals surface area contributed by atoms with Crippen LogP contribution in [0.25, 0.3) is 0 Å². The first kappa shape index (κ1) is 13.1. The predicted octanol–water partition coefficient (Wildman–Crippen LogP) is 0.0663. The highest BCUT2D eigenvalue weighted by Gasteiger charge is 2.30. The van der Waals surface area contributed by atoms with Gasteiger partial charge >= 0.3 is 0 Å². The first-order chi connectivity index (χ1) is 8.15. The van der Waals surface area contributed by atoms with Crippen LogP contribution in [0.5, 0.6) is 0 Å². The molecule has 0 saturated carbocycles. The Kier molecular flexibility index (Phi) is 4.62. The van der Waals surface area contributed by atoms with Crippen molar-refractivity contribution >= 4 is 23.6 Å². The number of hydrogen-bond acceptors (Lipinski definition) is 4. The van der Waals surface area contributed by atoms with E-state index in [1.165, 1.54) is 16.7 Å². The lowest BCUT2D eigenvalue weighted by molar-refractivity contribution is -0.125. The molecule has 1 heterocycles. The van der Waals surface area contributed by atoms with Crippen LogP contribution in [0.2, 0.25) is 0 Å². The summed E-state index contributed by atoms with van der Waals surface area (Å²) in [7, 11) is 0. The number of thioether (sulfide) groups is 1. The minimum absolute atomic E-state index is 0.0575. The van der Waals surface area contributed by atoms with Gasteiger partial charge in [-0.25, -0.2) is 0 Å². The topological polar surface area (TPSA) is 73.2 Å². The first-order valence-electron chi connectivity index (χ1n) is 4.94. The van der Waals surface area contributed by atoms with Gasteiger partial charge in [0.1, 0.15) is 16.7 Å². The van der Waals surface area contributed by atoms with E-state index in [-0.39, 0.29) is 23.8 Å². The molecule has 0 aromatic carbocycles. The first-order valence-corrected chi connectivity index (χ1v) is 5.93. The van der Waals surface area contributed by atoms with E-state index in [9.17, 15) is 9.59 Å². The number of terminal acetylenes is 1. The second kappa shape index (κ2) is 5.97. The molecule has 1 rings (SSSR count). The molecule has 0 aliphatic carbocycles. The lowest BCUT2D eigenvalue weighted by atomic mass is 10.3. The number of nitrogens with one attached hydrogen (secondary N) is 1. The maximum absolute atomic E-state index is 11.7. The molecule has 17 heavy (non-hydrogen) atoms. The van der Waals surface area contributed by atoms with Crippen molar-refractivity contribution in [1.29, 1.82) is 5.26 Å². The summed E-state index contributed by atoms with van der Waals surface area (Å²) in [4.78, 5) is 24.5. The summed E-state index contributed by atoms with van der Waals surface area (Å²) in [5, 5.41) is 11.8. The normalized spacial score (nSPS) is 17.4. The summed E-state index contributed by atoms with van der Waals surface area (Å²) in [6, 6.07) is 1.82.